The number of nitrogens with one attached hydrogen (secondary N) is 1. The summed E-state index contributed by atoms with van der Waals surface area (Å²) in [4.78, 5) is 9.17. The lowest BCUT2D eigenvalue weighted by Crippen LogP contribution is -2.13. The number of hydrogen-bond acceptors (Lipinski definition) is 7. The van der Waals surface area contributed by atoms with Crippen LogP contribution in [0.5, 0.6) is 11.5 Å². The molecule has 1 aromatic carbocycles. The zero-order valence-electron chi connectivity index (χ0n) is 11.8. The minimum Gasteiger partial charge on any atom is -0.493 e. The van der Waals surface area contributed by atoms with E-state index in [1.165, 1.54) is 0 Å². The van der Waals surface area contributed by atoms with Gasteiger partial charge in [0.05, 0.1) is 25.5 Å². The fourth-order valence-electron chi connectivity index (χ4n) is 2.35. The predicted molar refractivity (Wildman–Crippen MR) is 83.4 cm³/mol. The van der Waals surface area contributed by atoms with Crippen LogP contribution in [0.1, 0.15) is 11.3 Å². The molecule has 1 aliphatic rings. The van der Waals surface area contributed by atoms with E-state index in [1.807, 2.05) is 18.2 Å². The molecule has 7 heteroatoms. The van der Waals surface area contributed by atoms with Crippen LogP contribution >= 0.6 is 11.8 Å². The standard InChI is InChI=1S/C14H16N4O2S/c1-19-11-5-3-4-8(12(11)20-2)13-16-10-7-21-6-9(10)14(17-13)18-15/h3-5H,6-7,15H2,1-2H3,(H,16,17,18). The number of fused-ring (bicyclic) bond motifs is 1. The number of benzene rings is 1. The maximum atomic E-state index is 5.59. The molecule has 3 rings (SSSR count). The molecular weight excluding hydrogens is 288 g/mol. The Balaban J connectivity index is 2.17. The Labute approximate surface area is 127 Å². The van der Waals surface area contributed by atoms with Crippen LogP contribution in [0.25, 0.3) is 11.4 Å². The molecule has 6 nitrogen and oxygen atoms in total. The first-order valence-corrected chi connectivity index (χ1v) is 7.59. The lowest BCUT2D eigenvalue weighted by atomic mass is 10.1. The average molecular weight is 304 g/mol. The number of nitrogens with zero attached hydrogens (tertiary/aromatic N) is 2. The number of rotatable bonds is 4. The first kappa shape index (κ1) is 14.0. The van der Waals surface area contributed by atoms with Gasteiger partial charge >= 0.3 is 0 Å². The summed E-state index contributed by atoms with van der Waals surface area (Å²) >= 11 is 1.80. The van der Waals surface area contributed by atoms with Gasteiger partial charge in [-0.15, -0.1) is 0 Å². The van der Waals surface area contributed by atoms with E-state index in [1.54, 1.807) is 26.0 Å². The average Bonchev–Trinajstić information content (AvgIpc) is 3.01. The van der Waals surface area contributed by atoms with Gasteiger partial charge in [-0.25, -0.2) is 15.8 Å². The molecule has 0 unspecified atom stereocenters. The Hall–Kier alpha value is -1.99. The van der Waals surface area contributed by atoms with Gasteiger partial charge in [-0.3, -0.25) is 0 Å². The lowest BCUT2D eigenvalue weighted by Gasteiger charge is -2.13. The molecule has 0 fully saturated rings. The maximum absolute atomic E-state index is 5.59. The number of ether oxygens (including phenoxy) is 2. The van der Waals surface area contributed by atoms with Gasteiger partial charge in [-0.2, -0.15) is 11.8 Å². The lowest BCUT2D eigenvalue weighted by molar-refractivity contribution is 0.356. The highest BCUT2D eigenvalue weighted by molar-refractivity contribution is 7.98. The van der Waals surface area contributed by atoms with Crippen LogP contribution in [-0.2, 0) is 11.5 Å². The topological polar surface area (TPSA) is 82.3 Å². The van der Waals surface area contributed by atoms with Crippen LogP contribution < -0.4 is 20.7 Å². The van der Waals surface area contributed by atoms with E-state index in [4.69, 9.17) is 15.3 Å². The molecule has 110 valence electrons. The van der Waals surface area contributed by atoms with Crippen LogP contribution in [0, 0.1) is 0 Å². The Morgan fingerprint density at radius 1 is 1.19 bits per heavy atom. The number of methoxy groups -OCH3 is 2. The van der Waals surface area contributed by atoms with Crippen LogP contribution in [0.3, 0.4) is 0 Å². The number of nitrogen functional groups attached to an aromatic ring is 1. The van der Waals surface area contributed by atoms with Crippen LogP contribution in [0.4, 0.5) is 5.82 Å². The predicted octanol–water partition coefficient (Wildman–Crippen LogP) is 2.19. The normalized spacial score (nSPS) is 12.9. The van der Waals surface area contributed by atoms with Crippen molar-refractivity contribution in [1.29, 1.82) is 0 Å². The smallest absolute Gasteiger partial charge is 0.171 e. The molecule has 3 N–H and O–H groups in total. The maximum Gasteiger partial charge on any atom is 0.171 e. The molecule has 0 amide bonds. The molecule has 1 aromatic heterocycles. The van der Waals surface area contributed by atoms with Crippen molar-refractivity contribution in [3.8, 4) is 22.9 Å². The first-order chi connectivity index (χ1) is 10.3. The number of hydrogen-bond donors (Lipinski definition) is 2. The van der Waals surface area contributed by atoms with E-state index < -0.39 is 0 Å². The molecule has 0 radical (unpaired) electrons. The van der Waals surface area contributed by atoms with Crippen LogP contribution in [0.15, 0.2) is 18.2 Å². The van der Waals surface area contributed by atoms with Crippen LogP contribution in [-0.4, -0.2) is 24.2 Å². The van der Waals surface area contributed by atoms with Crippen molar-refractivity contribution in [3.63, 3.8) is 0 Å². The molecule has 0 bridgehead atoms. The van der Waals surface area contributed by atoms with Gasteiger partial charge < -0.3 is 14.9 Å². The van der Waals surface area contributed by atoms with Crippen molar-refractivity contribution in [3.05, 3.63) is 29.5 Å². The summed E-state index contributed by atoms with van der Waals surface area (Å²) in [6.45, 7) is 0. The summed E-state index contributed by atoms with van der Waals surface area (Å²) in [7, 11) is 3.21. The van der Waals surface area contributed by atoms with Gasteiger partial charge in [-0.1, -0.05) is 6.07 Å². The molecule has 0 saturated heterocycles. The number of nitrogens with two attached hydrogens (primary N) is 1. The fraction of sp³-hybridized carbons (Fsp3) is 0.286. The highest BCUT2D eigenvalue weighted by Crippen LogP contribution is 2.39. The van der Waals surface area contributed by atoms with Crippen LogP contribution in [0.2, 0.25) is 0 Å². The molecule has 2 aromatic rings. The largest absolute Gasteiger partial charge is 0.493 e. The van der Waals surface area contributed by atoms with E-state index in [-0.39, 0.29) is 0 Å². The third-order valence-corrected chi connectivity index (χ3v) is 4.33. The van der Waals surface area contributed by atoms with Crippen molar-refractivity contribution < 1.29 is 9.47 Å². The molecule has 0 aliphatic carbocycles. The van der Waals surface area contributed by atoms with Gasteiger partial charge in [0.25, 0.3) is 0 Å². The number of thioether (sulfide) groups is 1. The van der Waals surface area contributed by atoms with Gasteiger partial charge in [0.2, 0.25) is 0 Å². The Morgan fingerprint density at radius 2 is 2.05 bits per heavy atom. The highest BCUT2D eigenvalue weighted by atomic mass is 32.2. The Morgan fingerprint density at radius 3 is 2.76 bits per heavy atom. The minimum atomic E-state index is 0.583. The third-order valence-electron chi connectivity index (χ3n) is 3.36. The molecule has 21 heavy (non-hydrogen) atoms. The van der Waals surface area contributed by atoms with E-state index in [9.17, 15) is 0 Å². The Bertz CT molecular complexity index is 678. The second kappa shape index (κ2) is 5.79. The van der Waals surface area contributed by atoms with E-state index in [0.717, 1.165) is 28.3 Å². The Kier molecular flexibility index (Phi) is 3.85. The highest BCUT2D eigenvalue weighted by Gasteiger charge is 2.22. The number of hydrazine groups is 1. The molecular formula is C14H16N4O2S. The summed E-state index contributed by atoms with van der Waals surface area (Å²) in [6, 6.07) is 5.64. The van der Waals surface area contributed by atoms with Crippen molar-refractivity contribution in [1.82, 2.24) is 9.97 Å². The third kappa shape index (κ3) is 2.38. The summed E-state index contributed by atoms with van der Waals surface area (Å²) < 4.78 is 10.8. The summed E-state index contributed by atoms with van der Waals surface area (Å²) in [5.74, 6) is 9.86. The van der Waals surface area contributed by atoms with Gasteiger partial charge in [-0.05, 0) is 12.1 Å². The second-order valence-corrected chi connectivity index (χ2v) is 5.48. The van der Waals surface area contributed by atoms with Crippen molar-refractivity contribution >= 4 is 17.6 Å². The minimum absolute atomic E-state index is 0.583. The number of aromatic nitrogens is 2. The number of anilines is 1. The molecule has 1 aliphatic heterocycles. The summed E-state index contributed by atoms with van der Waals surface area (Å²) in [5, 5.41) is 0. The quantitative estimate of drug-likeness (QED) is 0.662. The van der Waals surface area contributed by atoms with Crippen molar-refractivity contribution in [2.24, 2.45) is 5.84 Å². The first-order valence-electron chi connectivity index (χ1n) is 6.44. The van der Waals surface area contributed by atoms with E-state index in [2.05, 4.69) is 15.4 Å². The van der Waals surface area contributed by atoms with E-state index >= 15 is 0 Å². The zero-order valence-corrected chi connectivity index (χ0v) is 12.7. The molecule has 0 atom stereocenters. The number of para-hydroxylation sites is 1. The summed E-state index contributed by atoms with van der Waals surface area (Å²) in [6.07, 6.45) is 0. The SMILES string of the molecule is COc1cccc(-c2nc3c(c(NN)n2)CSC3)c1OC. The fourth-order valence-corrected chi connectivity index (χ4v) is 3.40. The monoisotopic (exact) mass is 304 g/mol. The van der Waals surface area contributed by atoms with Gasteiger partial charge in [0, 0.05) is 17.1 Å². The second-order valence-electron chi connectivity index (χ2n) is 4.50. The summed E-state index contributed by atoms with van der Waals surface area (Å²) in [5.41, 5.74) is 5.55. The molecule has 2 heterocycles. The van der Waals surface area contributed by atoms with Gasteiger partial charge in [0.15, 0.2) is 17.3 Å². The molecule has 0 saturated carbocycles. The molecule has 0 spiro atoms. The van der Waals surface area contributed by atoms with Crippen molar-refractivity contribution in [2.45, 2.75) is 11.5 Å². The van der Waals surface area contributed by atoms with Gasteiger partial charge in [0.1, 0.15) is 5.82 Å². The zero-order chi connectivity index (χ0) is 14.8. The van der Waals surface area contributed by atoms with Crippen molar-refractivity contribution in [2.75, 3.05) is 19.6 Å². The van der Waals surface area contributed by atoms with E-state index in [0.29, 0.717) is 23.1 Å².